The topological polar surface area (TPSA) is 35.5 Å². The molecular formula is C20H26LiO3P. The second-order valence-corrected chi connectivity index (χ2v) is 6.99. The first-order valence-electron chi connectivity index (χ1n) is 8.21. The van der Waals surface area contributed by atoms with Crippen LogP contribution in [-0.2, 0) is 4.74 Å². The predicted octanol–water partition coefficient (Wildman–Crippen LogP) is 3.52. The first-order valence-corrected chi connectivity index (χ1v) is 9.21. The zero-order valence-corrected chi connectivity index (χ0v) is 15.8. The number of carbonyl (C=O) groups is 1. The van der Waals surface area contributed by atoms with Gasteiger partial charge >= 0.3 is 18.9 Å². The summed E-state index contributed by atoms with van der Waals surface area (Å²) in [7, 11) is 0.127. The number of carbonyl (C=O) groups excluding carboxylic acids is 1. The zero-order valence-electron chi connectivity index (χ0n) is 14.8. The molecule has 0 N–H and O–H groups in total. The van der Waals surface area contributed by atoms with Crippen molar-refractivity contribution in [3.63, 3.8) is 0 Å². The fraction of sp³-hybridized carbons (Fsp3) is 0.350. The Morgan fingerprint density at radius 3 is 2.28 bits per heavy atom. The number of rotatable bonds is 8. The Balaban J connectivity index is 0.00000312. The third-order valence-corrected chi connectivity index (χ3v) is 5.16. The van der Waals surface area contributed by atoms with E-state index in [0.717, 1.165) is 33.3 Å². The summed E-state index contributed by atoms with van der Waals surface area (Å²) in [5.74, 6) is 0.820. The Bertz CT molecular complexity index is 696. The molecule has 2 aromatic rings. The molecule has 3 nitrogen and oxygen atoms in total. The molecule has 0 bridgehead atoms. The summed E-state index contributed by atoms with van der Waals surface area (Å²) in [6.45, 7) is 9.80. The standard InChI is InChI=1S/C20H25O3P.Li.H/c1-5-22-11-12-23-17-9-10-18(16(4)13-17)24-20(21)19-14(2)7-6-8-15(19)3;;/h6-10,13,24H,5,11-12H2,1-4H3;;. The van der Waals surface area contributed by atoms with Gasteiger partial charge < -0.3 is 9.47 Å². The molecule has 0 fully saturated rings. The van der Waals surface area contributed by atoms with Crippen LogP contribution in [0, 0.1) is 20.8 Å². The first kappa shape index (κ1) is 21.9. The number of hydrogen-bond donors (Lipinski definition) is 0. The quantitative estimate of drug-likeness (QED) is 0.414. The molecule has 2 aromatic carbocycles. The van der Waals surface area contributed by atoms with E-state index in [1.807, 2.05) is 64.1 Å². The molecule has 25 heavy (non-hydrogen) atoms. The van der Waals surface area contributed by atoms with Crippen LogP contribution in [0.2, 0.25) is 0 Å². The van der Waals surface area contributed by atoms with E-state index in [9.17, 15) is 4.79 Å². The van der Waals surface area contributed by atoms with Crippen molar-refractivity contribution in [1.29, 1.82) is 0 Å². The average molecular weight is 352 g/mol. The molecule has 0 aliphatic carbocycles. The van der Waals surface area contributed by atoms with Gasteiger partial charge in [-0.15, -0.1) is 0 Å². The van der Waals surface area contributed by atoms with Crippen molar-refractivity contribution in [3.05, 3.63) is 58.7 Å². The number of ether oxygens (including phenoxy) is 2. The SMILES string of the molecule is CCOCCOc1ccc(PC(=O)c2c(C)cccc2C)c(C)c1.[LiH]. The van der Waals surface area contributed by atoms with Gasteiger partial charge in [0.15, 0.2) is 5.52 Å². The van der Waals surface area contributed by atoms with Gasteiger partial charge in [-0.1, -0.05) is 24.3 Å². The second kappa shape index (κ2) is 10.8. The van der Waals surface area contributed by atoms with Crippen molar-refractivity contribution in [1.82, 2.24) is 0 Å². The Morgan fingerprint density at radius 1 is 1.00 bits per heavy atom. The number of benzene rings is 2. The Hall–Kier alpha value is -1.10. The summed E-state index contributed by atoms with van der Waals surface area (Å²) >= 11 is 0. The molecular weight excluding hydrogens is 326 g/mol. The molecule has 130 valence electrons. The van der Waals surface area contributed by atoms with E-state index >= 15 is 0 Å². The van der Waals surface area contributed by atoms with Crippen LogP contribution in [0.15, 0.2) is 36.4 Å². The van der Waals surface area contributed by atoms with E-state index < -0.39 is 0 Å². The van der Waals surface area contributed by atoms with Gasteiger partial charge in [0.05, 0.1) is 6.61 Å². The van der Waals surface area contributed by atoms with Crippen LogP contribution >= 0.6 is 8.58 Å². The van der Waals surface area contributed by atoms with E-state index in [-0.39, 0.29) is 33.0 Å². The predicted molar refractivity (Wildman–Crippen MR) is 109 cm³/mol. The number of hydrogen-bond acceptors (Lipinski definition) is 3. The van der Waals surface area contributed by atoms with E-state index in [1.165, 1.54) is 0 Å². The van der Waals surface area contributed by atoms with Crippen LogP contribution in [0.25, 0.3) is 0 Å². The fourth-order valence-corrected chi connectivity index (χ4v) is 3.79. The molecule has 0 saturated heterocycles. The van der Waals surface area contributed by atoms with Crippen molar-refractivity contribution in [2.24, 2.45) is 0 Å². The van der Waals surface area contributed by atoms with Crippen LogP contribution in [0.4, 0.5) is 0 Å². The normalized spacial score (nSPS) is 10.7. The van der Waals surface area contributed by atoms with Crippen LogP contribution in [0.5, 0.6) is 5.75 Å². The maximum absolute atomic E-state index is 12.7. The molecule has 1 atom stereocenters. The van der Waals surface area contributed by atoms with Gasteiger partial charge in [-0.2, -0.15) is 0 Å². The summed E-state index contributed by atoms with van der Waals surface area (Å²) in [6.07, 6.45) is 0. The maximum atomic E-state index is 12.7. The summed E-state index contributed by atoms with van der Waals surface area (Å²) in [6, 6.07) is 11.9. The second-order valence-electron chi connectivity index (χ2n) is 5.74. The van der Waals surface area contributed by atoms with Crippen molar-refractivity contribution in [3.8, 4) is 5.75 Å². The van der Waals surface area contributed by atoms with Crippen LogP contribution in [0.1, 0.15) is 34.0 Å². The van der Waals surface area contributed by atoms with Gasteiger partial charge in [0, 0.05) is 12.2 Å². The van der Waals surface area contributed by atoms with Gasteiger partial charge in [-0.05, 0) is 70.4 Å². The van der Waals surface area contributed by atoms with Crippen LogP contribution in [0.3, 0.4) is 0 Å². The molecule has 0 aliphatic rings. The van der Waals surface area contributed by atoms with Crippen molar-refractivity contribution < 1.29 is 14.3 Å². The van der Waals surface area contributed by atoms with Crippen LogP contribution < -0.4 is 10.0 Å². The van der Waals surface area contributed by atoms with Crippen LogP contribution in [-0.4, -0.2) is 44.2 Å². The van der Waals surface area contributed by atoms with Gasteiger partial charge in [-0.3, -0.25) is 4.79 Å². The molecule has 2 rings (SSSR count). The van der Waals surface area contributed by atoms with Crippen molar-refractivity contribution in [2.45, 2.75) is 27.7 Å². The molecule has 0 radical (unpaired) electrons. The van der Waals surface area contributed by atoms with Crippen molar-refractivity contribution in [2.75, 3.05) is 19.8 Å². The average Bonchev–Trinajstić information content (AvgIpc) is 2.54. The molecule has 0 spiro atoms. The Kier molecular flexibility index (Phi) is 9.47. The summed E-state index contributed by atoms with van der Waals surface area (Å²) in [4.78, 5) is 12.7. The van der Waals surface area contributed by atoms with Gasteiger partial charge in [0.25, 0.3) is 0 Å². The molecule has 0 aromatic heterocycles. The van der Waals surface area contributed by atoms with Gasteiger partial charge in [0.2, 0.25) is 0 Å². The van der Waals surface area contributed by atoms with E-state index in [1.54, 1.807) is 0 Å². The minimum atomic E-state index is 0. The molecule has 1 unspecified atom stereocenters. The monoisotopic (exact) mass is 352 g/mol. The fourth-order valence-electron chi connectivity index (χ4n) is 2.59. The summed E-state index contributed by atoms with van der Waals surface area (Å²) in [5, 5.41) is 1.07. The first-order chi connectivity index (χ1) is 11.5. The third kappa shape index (κ3) is 6.28. The molecule has 0 amide bonds. The number of aryl methyl sites for hydroxylation is 3. The third-order valence-electron chi connectivity index (χ3n) is 3.85. The molecule has 0 aliphatic heterocycles. The Morgan fingerprint density at radius 2 is 1.68 bits per heavy atom. The Labute approximate surface area is 164 Å². The minimum absolute atomic E-state index is 0. The van der Waals surface area contributed by atoms with Crippen molar-refractivity contribution >= 4 is 38.3 Å². The van der Waals surface area contributed by atoms with E-state index in [2.05, 4.69) is 0 Å². The van der Waals surface area contributed by atoms with Gasteiger partial charge in [0.1, 0.15) is 12.4 Å². The molecule has 0 heterocycles. The zero-order chi connectivity index (χ0) is 17.5. The molecule has 0 saturated carbocycles. The summed E-state index contributed by atoms with van der Waals surface area (Å²) in [5.41, 5.74) is 4.22. The molecule has 5 heteroatoms. The van der Waals surface area contributed by atoms with Gasteiger partial charge in [-0.25, -0.2) is 0 Å². The summed E-state index contributed by atoms with van der Waals surface area (Å²) < 4.78 is 10.9. The van der Waals surface area contributed by atoms with E-state index in [0.29, 0.717) is 19.8 Å². The van der Waals surface area contributed by atoms with E-state index in [4.69, 9.17) is 9.47 Å².